The first-order chi connectivity index (χ1) is 15.7. The van der Waals surface area contributed by atoms with Gasteiger partial charge in [-0.2, -0.15) is 9.61 Å². The van der Waals surface area contributed by atoms with Gasteiger partial charge in [0, 0.05) is 46.5 Å². The smallest absolute Gasteiger partial charge is 0.165 e. The molecule has 0 aliphatic carbocycles. The maximum Gasteiger partial charge on any atom is 0.165 e. The molecule has 3 aromatic heterocycles. The highest BCUT2D eigenvalue weighted by atomic mass is 15.3. The molecule has 5 heterocycles. The molecule has 1 aromatic carbocycles. The van der Waals surface area contributed by atoms with Gasteiger partial charge in [0.2, 0.25) is 0 Å². The number of benzene rings is 1. The molecule has 2 aliphatic rings. The molecule has 2 unspecified atom stereocenters. The summed E-state index contributed by atoms with van der Waals surface area (Å²) in [6, 6.07) is 15.6. The molecule has 6 rings (SSSR count). The highest BCUT2D eigenvalue weighted by Crippen LogP contribution is 2.40. The van der Waals surface area contributed by atoms with Crippen LogP contribution in [0.1, 0.15) is 49.8 Å². The van der Waals surface area contributed by atoms with E-state index in [1.807, 2.05) is 30.6 Å². The number of anilines is 1. The maximum absolute atomic E-state index is 6.64. The Balaban J connectivity index is 1.43. The Bertz CT molecular complexity index is 1250. The Labute approximate surface area is 187 Å². The van der Waals surface area contributed by atoms with E-state index in [9.17, 15) is 0 Å². The third-order valence-corrected chi connectivity index (χ3v) is 7.17. The minimum Gasteiger partial charge on any atom is -0.383 e. The summed E-state index contributed by atoms with van der Waals surface area (Å²) in [6.45, 7) is 2.16. The van der Waals surface area contributed by atoms with Gasteiger partial charge in [0.25, 0.3) is 0 Å². The van der Waals surface area contributed by atoms with E-state index in [1.165, 1.54) is 18.5 Å². The monoisotopic (exact) mass is 424 g/mol. The van der Waals surface area contributed by atoms with Gasteiger partial charge in [0.1, 0.15) is 5.82 Å². The van der Waals surface area contributed by atoms with Crippen molar-refractivity contribution in [1.29, 1.82) is 0 Å². The molecule has 0 amide bonds. The summed E-state index contributed by atoms with van der Waals surface area (Å²) < 4.78 is 1.80. The Hall–Kier alpha value is -3.25. The van der Waals surface area contributed by atoms with E-state index in [0.29, 0.717) is 18.0 Å². The Morgan fingerprint density at radius 2 is 1.78 bits per heavy atom. The van der Waals surface area contributed by atoms with Crippen molar-refractivity contribution in [3.8, 4) is 22.4 Å². The summed E-state index contributed by atoms with van der Waals surface area (Å²) in [7, 11) is 0. The number of aromatic nitrogens is 4. The van der Waals surface area contributed by atoms with Gasteiger partial charge < -0.3 is 11.1 Å². The Morgan fingerprint density at radius 3 is 2.47 bits per heavy atom. The van der Waals surface area contributed by atoms with E-state index >= 15 is 0 Å². The number of rotatable bonds is 4. The zero-order valence-corrected chi connectivity index (χ0v) is 18.3. The van der Waals surface area contributed by atoms with Gasteiger partial charge in [0.15, 0.2) is 5.65 Å². The van der Waals surface area contributed by atoms with Crippen LogP contribution >= 0.6 is 0 Å². The van der Waals surface area contributed by atoms with Crippen molar-refractivity contribution < 1.29 is 0 Å². The molecule has 3 N–H and O–H groups in total. The van der Waals surface area contributed by atoms with E-state index in [2.05, 4.69) is 41.6 Å². The van der Waals surface area contributed by atoms with Crippen LogP contribution in [0.2, 0.25) is 0 Å². The minimum absolute atomic E-state index is 0.456. The Morgan fingerprint density at radius 1 is 1.00 bits per heavy atom. The summed E-state index contributed by atoms with van der Waals surface area (Å²) in [5.74, 6) is 1.18. The molecule has 2 saturated heterocycles. The highest BCUT2D eigenvalue weighted by Gasteiger charge is 2.36. The summed E-state index contributed by atoms with van der Waals surface area (Å²) in [6.07, 6.45) is 9.48. The van der Waals surface area contributed by atoms with Gasteiger partial charge in [0.05, 0.1) is 17.6 Å². The fourth-order valence-corrected chi connectivity index (χ4v) is 5.58. The van der Waals surface area contributed by atoms with Crippen LogP contribution < -0.4 is 11.1 Å². The van der Waals surface area contributed by atoms with Gasteiger partial charge in [-0.05, 0) is 38.2 Å². The van der Waals surface area contributed by atoms with Gasteiger partial charge >= 0.3 is 0 Å². The summed E-state index contributed by atoms with van der Waals surface area (Å²) in [4.78, 5) is 9.91. The van der Waals surface area contributed by atoms with E-state index in [4.69, 9.17) is 15.7 Å². The fourth-order valence-electron chi connectivity index (χ4n) is 5.58. The molecular weight excluding hydrogens is 396 g/mol. The van der Waals surface area contributed by atoms with Gasteiger partial charge in [-0.1, -0.05) is 43.3 Å². The first-order valence-corrected chi connectivity index (χ1v) is 11.6. The molecule has 0 radical (unpaired) electrons. The molecule has 4 aromatic rings. The van der Waals surface area contributed by atoms with E-state index in [-0.39, 0.29) is 0 Å². The average molecular weight is 425 g/mol. The summed E-state index contributed by atoms with van der Waals surface area (Å²) >= 11 is 0. The van der Waals surface area contributed by atoms with Gasteiger partial charge in [-0.25, -0.2) is 4.98 Å². The molecule has 6 nitrogen and oxygen atoms in total. The van der Waals surface area contributed by atoms with Gasteiger partial charge in [-0.15, -0.1) is 0 Å². The molecule has 2 fully saturated rings. The number of fused-ring (bicyclic) bond motifs is 3. The van der Waals surface area contributed by atoms with Crippen LogP contribution in [0, 0.1) is 0 Å². The summed E-state index contributed by atoms with van der Waals surface area (Å²) in [5, 5.41) is 8.35. The second kappa shape index (κ2) is 7.71. The average Bonchev–Trinajstić information content (AvgIpc) is 3.42. The Kier molecular flexibility index (Phi) is 4.68. The highest BCUT2D eigenvalue weighted by molar-refractivity contribution is 5.79. The molecule has 0 saturated carbocycles. The van der Waals surface area contributed by atoms with Crippen molar-refractivity contribution in [2.45, 2.75) is 57.0 Å². The van der Waals surface area contributed by atoms with Crippen LogP contribution in [0.15, 0.2) is 54.9 Å². The van der Waals surface area contributed by atoms with Crippen LogP contribution in [-0.2, 0) is 6.42 Å². The fraction of sp³-hybridized carbons (Fsp3) is 0.346. The molecule has 2 bridgehead atoms. The number of hydrogen-bond acceptors (Lipinski definition) is 5. The van der Waals surface area contributed by atoms with Crippen molar-refractivity contribution in [3.05, 3.63) is 66.1 Å². The third-order valence-electron chi connectivity index (χ3n) is 7.17. The summed E-state index contributed by atoms with van der Waals surface area (Å²) in [5.41, 5.74) is 13.8. The topological polar surface area (TPSA) is 81.1 Å². The predicted molar refractivity (Wildman–Crippen MR) is 127 cm³/mol. The number of nitrogen functional groups attached to an aromatic ring is 1. The van der Waals surface area contributed by atoms with Crippen LogP contribution in [0.4, 0.5) is 5.82 Å². The molecule has 162 valence electrons. The largest absolute Gasteiger partial charge is 0.383 e. The lowest BCUT2D eigenvalue weighted by atomic mass is 9.86. The number of pyridine rings is 1. The normalized spacial score (nSPS) is 22.5. The molecule has 3 atom stereocenters. The quantitative estimate of drug-likeness (QED) is 0.500. The van der Waals surface area contributed by atoms with Crippen molar-refractivity contribution in [2.24, 2.45) is 0 Å². The molecule has 2 aliphatic heterocycles. The number of nitrogens with two attached hydrogens (primary N) is 1. The molecule has 0 spiro atoms. The van der Waals surface area contributed by atoms with Crippen molar-refractivity contribution in [3.63, 3.8) is 0 Å². The SMILES string of the molecule is CCc1c(C2CC3CC[C@H](C2)N3)nc2c(-c3ccc(-c4ccccc4)nc3)cnn2c1N. The van der Waals surface area contributed by atoms with E-state index in [0.717, 1.165) is 58.7 Å². The zero-order valence-electron chi connectivity index (χ0n) is 18.3. The van der Waals surface area contributed by atoms with E-state index < -0.39 is 0 Å². The third kappa shape index (κ3) is 3.17. The predicted octanol–water partition coefficient (Wildman–Crippen LogP) is 4.60. The van der Waals surface area contributed by atoms with Gasteiger partial charge in [-0.3, -0.25) is 4.98 Å². The van der Waals surface area contributed by atoms with Crippen molar-refractivity contribution in [1.82, 2.24) is 24.9 Å². The lowest BCUT2D eigenvalue weighted by Gasteiger charge is -2.30. The maximum atomic E-state index is 6.64. The number of hydrogen-bond donors (Lipinski definition) is 2. The second-order valence-electron chi connectivity index (χ2n) is 9.11. The van der Waals surface area contributed by atoms with E-state index in [1.54, 1.807) is 4.52 Å². The van der Waals surface area contributed by atoms with Crippen LogP contribution in [0.3, 0.4) is 0 Å². The zero-order chi connectivity index (χ0) is 21.7. The second-order valence-corrected chi connectivity index (χ2v) is 9.11. The lowest BCUT2D eigenvalue weighted by molar-refractivity contribution is 0.358. The molecule has 6 heteroatoms. The first kappa shape index (κ1) is 19.4. The standard InChI is InChI=1S/C26H28N6/c1-2-21-24(18-12-19-9-10-20(13-18)30-19)31-26-22(15-29-32(26)25(21)27)17-8-11-23(28-14-17)16-6-4-3-5-7-16/h3-8,11,14-15,18-20,30H,2,9-10,12-13,27H2,1H3/t18?,19-,20?/m1/s1. The number of nitrogens with zero attached hydrogens (tertiary/aromatic N) is 4. The van der Waals surface area contributed by atoms with Crippen LogP contribution in [0.5, 0.6) is 0 Å². The van der Waals surface area contributed by atoms with Crippen molar-refractivity contribution in [2.75, 3.05) is 5.73 Å². The molecular formula is C26H28N6. The number of nitrogens with one attached hydrogen (secondary N) is 1. The minimum atomic E-state index is 0.456. The number of piperidine rings is 1. The molecule has 32 heavy (non-hydrogen) atoms. The van der Waals surface area contributed by atoms with Crippen LogP contribution in [-0.4, -0.2) is 31.7 Å². The first-order valence-electron chi connectivity index (χ1n) is 11.6. The lowest BCUT2D eigenvalue weighted by Crippen LogP contribution is -2.37. The van der Waals surface area contributed by atoms with Crippen molar-refractivity contribution >= 4 is 11.5 Å². The van der Waals surface area contributed by atoms with Crippen LogP contribution in [0.25, 0.3) is 28.0 Å².